The third-order valence-electron chi connectivity index (χ3n) is 3.23. The molecule has 0 radical (unpaired) electrons. The number of hydrogen-bond donors (Lipinski definition) is 3. The van der Waals surface area contributed by atoms with Gasteiger partial charge in [0.15, 0.2) is 5.69 Å². The fourth-order valence-electron chi connectivity index (χ4n) is 2.08. The van der Waals surface area contributed by atoms with E-state index in [1.807, 2.05) is 12.1 Å². The van der Waals surface area contributed by atoms with Crippen LogP contribution >= 0.6 is 0 Å². The van der Waals surface area contributed by atoms with E-state index in [1.165, 1.54) is 6.26 Å². The third kappa shape index (κ3) is 4.33. The highest BCUT2D eigenvalue weighted by atomic mass is 16.3. The summed E-state index contributed by atoms with van der Waals surface area (Å²) in [5, 5.41) is 2.78. The van der Waals surface area contributed by atoms with E-state index in [0.717, 1.165) is 12.0 Å². The number of anilines is 1. The summed E-state index contributed by atoms with van der Waals surface area (Å²) in [6.07, 6.45) is 2.10. The van der Waals surface area contributed by atoms with Crippen LogP contribution in [-0.2, 0) is 6.54 Å². The third-order valence-corrected chi connectivity index (χ3v) is 3.23. The molecule has 1 amide bonds. The summed E-state index contributed by atoms with van der Waals surface area (Å²) in [6.45, 7) is 4.55. The lowest BCUT2D eigenvalue weighted by Gasteiger charge is -2.09. The lowest BCUT2D eigenvalue weighted by Crippen LogP contribution is -2.23. The van der Waals surface area contributed by atoms with Gasteiger partial charge in [-0.05, 0) is 30.0 Å². The summed E-state index contributed by atoms with van der Waals surface area (Å²) in [6, 6.07) is 7.02. The number of amides is 1. The minimum Gasteiger partial charge on any atom is -0.446 e. The normalized spacial score (nSPS) is 12.4. The monoisotopic (exact) mass is 302 g/mol. The number of nitrogen functional groups attached to an aromatic ring is 1. The fourth-order valence-corrected chi connectivity index (χ4v) is 2.08. The van der Waals surface area contributed by atoms with E-state index in [2.05, 4.69) is 24.1 Å². The molecule has 0 spiro atoms. The molecule has 22 heavy (non-hydrogen) atoms. The van der Waals surface area contributed by atoms with E-state index in [1.54, 1.807) is 12.1 Å². The van der Waals surface area contributed by atoms with Gasteiger partial charge in [-0.25, -0.2) is 4.98 Å². The molecule has 0 saturated carbocycles. The van der Waals surface area contributed by atoms with Gasteiger partial charge in [-0.2, -0.15) is 0 Å². The van der Waals surface area contributed by atoms with Crippen LogP contribution in [-0.4, -0.2) is 10.9 Å². The molecule has 6 nitrogen and oxygen atoms in total. The smallest absolute Gasteiger partial charge is 0.273 e. The van der Waals surface area contributed by atoms with Crippen LogP contribution in [0.4, 0.5) is 5.69 Å². The predicted molar refractivity (Wildman–Crippen MR) is 84.9 cm³/mol. The van der Waals surface area contributed by atoms with Crippen LogP contribution in [0.25, 0.3) is 0 Å². The predicted octanol–water partition coefficient (Wildman–Crippen LogP) is 2.23. The Morgan fingerprint density at radius 3 is 2.64 bits per heavy atom. The zero-order chi connectivity index (χ0) is 16.1. The van der Waals surface area contributed by atoms with Crippen LogP contribution in [0.1, 0.15) is 48.3 Å². The standard InChI is InChI=1S/C16H22N4O2/c1-10(2)7-13(18)16-20-14(9-22-16)15(21)19-8-11-3-5-12(17)6-4-11/h3-6,9-10,13H,7-8,17-18H2,1-2H3,(H,19,21). The average Bonchev–Trinajstić information content (AvgIpc) is 2.95. The van der Waals surface area contributed by atoms with Crippen LogP contribution in [0.3, 0.4) is 0 Å². The van der Waals surface area contributed by atoms with Gasteiger partial charge in [-0.15, -0.1) is 0 Å². The van der Waals surface area contributed by atoms with Crippen molar-refractivity contribution < 1.29 is 9.21 Å². The largest absolute Gasteiger partial charge is 0.446 e. The molecule has 0 aliphatic rings. The number of carbonyl (C=O) groups is 1. The number of oxazole rings is 1. The average molecular weight is 302 g/mol. The van der Waals surface area contributed by atoms with Crippen LogP contribution in [0, 0.1) is 5.92 Å². The maximum Gasteiger partial charge on any atom is 0.273 e. The Kier molecular flexibility index (Phi) is 5.16. The number of benzene rings is 1. The molecule has 0 bridgehead atoms. The van der Waals surface area contributed by atoms with Gasteiger partial charge in [0.2, 0.25) is 5.89 Å². The van der Waals surface area contributed by atoms with Crippen LogP contribution < -0.4 is 16.8 Å². The molecule has 0 saturated heterocycles. The number of nitrogens with two attached hydrogens (primary N) is 2. The summed E-state index contributed by atoms with van der Waals surface area (Å²) in [4.78, 5) is 16.2. The first-order chi connectivity index (χ1) is 10.5. The Hall–Kier alpha value is -2.34. The molecule has 0 fully saturated rings. The molecule has 5 N–H and O–H groups in total. The van der Waals surface area contributed by atoms with Crippen molar-refractivity contribution in [1.82, 2.24) is 10.3 Å². The number of hydrogen-bond acceptors (Lipinski definition) is 5. The Balaban J connectivity index is 1.92. The molecule has 1 aromatic heterocycles. The van der Waals surface area contributed by atoms with Gasteiger partial charge in [0, 0.05) is 12.2 Å². The molecule has 0 aliphatic carbocycles. The van der Waals surface area contributed by atoms with Crippen molar-refractivity contribution in [1.29, 1.82) is 0 Å². The molecule has 6 heteroatoms. The quantitative estimate of drug-likeness (QED) is 0.709. The van der Waals surface area contributed by atoms with Gasteiger partial charge in [0.1, 0.15) is 6.26 Å². The second kappa shape index (κ2) is 7.09. The topological polar surface area (TPSA) is 107 Å². The summed E-state index contributed by atoms with van der Waals surface area (Å²) in [5.74, 6) is 0.541. The minimum atomic E-state index is -0.293. The SMILES string of the molecule is CC(C)CC(N)c1nc(C(=O)NCc2ccc(N)cc2)co1. The van der Waals surface area contributed by atoms with E-state index in [0.29, 0.717) is 24.0 Å². The molecular formula is C16H22N4O2. The van der Waals surface area contributed by atoms with E-state index in [4.69, 9.17) is 15.9 Å². The Morgan fingerprint density at radius 2 is 2.00 bits per heavy atom. The highest BCUT2D eigenvalue weighted by Gasteiger charge is 2.17. The Bertz CT molecular complexity index is 619. The molecule has 1 heterocycles. The van der Waals surface area contributed by atoms with Gasteiger partial charge in [0.05, 0.1) is 6.04 Å². The number of carbonyl (C=O) groups excluding carboxylic acids is 1. The van der Waals surface area contributed by atoms with E-state index in [-0.39, 0.29) is 17.6 Å². The minimum absolute atomic E-state index is 0.240. The lowest BCUT2D eigenvalue weighted by atomic mass is 10.0. The van der Waals surface area contributed by atoms with Crippen molar-refractivity contribution in [2.24, 2.45) is 11.7 Å². The van der Waals surface area contributed by atoms with Gasteiger partial charge in [-0.3, -0.25) is 4.79 Å². The fraction of sp³-hybridized carbons (Fsp3) is 0.375. The maximum absolute atomic E-state index is 12.0. The van der Waals surface area contributed by atoms with Crippen molar-refractivity contribution in [3.8, 4) is 0 Å². The summed E-state index contributed by atoms with van der Waals surface area (Å²) < 4.78 is 5.30. The zero-order valence-corrected chi connectivity index (χ0v) is 12.9. The van der Waals surface area contributed by atoms with Gasteiger partial charge >= 0.3 is 0 Å². The van der Waals surface area contributed by atoms with Crippen molar-refractivity contribution in [2.45, 2.75) is 32.9 Å². The first-order valence-corrected chi connectivity index (χ1v) is 7.29. The number of aromatic nitrogens is 1. The highest BCUT2D eigenvalue weighted by Crippen LogP contribution is 2.18. The molecule has 2 aromatic rings. The molecule has 1 unspecified atom stereocenters. The van der Waals surface area contributed by atoms with Crippen molar-refractivity contribution in [2.75, 3.05) is 5.73 Å². The van der Waals surface area contributed by atoms with Crippen molar-refractivity contribution in [3.05, 3.63) is 47.7 Å². The second-order valence-electron chi connectivity index (χ2n) is 5.73. The summed E-state index contributed by atoms with van der Waals surface area (Å²) in [5.41, 5.74) is 13.5. The molecule has 1 atom stereocenters. The molecule has 2 rings (SSSR count). The summed E-state index contributed by atoms with van der Waals surface area (Å²) in [7, 11) is 0. The molecule has 1 aromatic carbocycles. The van der Waals surface area contributed by atoms with Crippen molar-refractivity contribution in [3.63, 3.8) is 0 Å². The van der Waals surface area contributed by atoms with E-state index < -0.39 is 0 Å². The lowest BCUT2D eigenvalue weighted by molar-refractivity contribution is 0.0946. The molecule has 118 valence electrons. The van der Waals surface area contributed by atoms with Crippen LogP contribution in [0.2, 0.25) is 0 Å². The number of nitrogens with one attached hydrogen (secondary N) is 1. The van der Waals surface area contributed by atoms with E-state index in [9.17, 15) is 4.79 Å². The van der Waals surface area contributed by atoms with Crippen molar-refractivity contribution >= 4 is 11.6 Å². The first-order valence-electron chi connectivity index (χ1n) is 7.29. The Labute approximate surface area is 129 Å². The molecule has 0 aliphatic heterocycles. The van der Waals surface area contributed by atoms with Gasteiger partial charge in [0.25, 0.3) is 5.91 Å². The van der Waals surface area contributed by atoms with E-state index >= 15 is 0 Å². The van der Waals surface area contributed by atoms with Gasteiger partial charge < -0.3 is 21.2 Å². The number of nitrogens with zero attached hydrogens (tertiary/aromatic N) is 1. The maximum atomic E-state index is 12.0. The molecular weight excluding hydrogens is 280 g/mol. The number of rotatable bonds is 6. The highest BCUT2D eigenvalue weighted by molar-refractivity contribution is 5.91. The first kappa shape index (κ1) is 16.0. The Morgan fingerprint density at radius 1 is 1.32 bits per heavy atom. The van der Waals surface area contributed by atoms with Crippen LogP contribution in [0.15, 0.2) is 34.9 Å². The van der Waals surface area contributed by atoms with Crippen LogP contribution in [0.5, 0.6) is 0 Å². The zero-order valence-electron chi connectivity index (χ0n) is 12.9. The summed E-state index contributed by atoms with van der Waals surface area (Å²) >= 11 is 0. The van der Waals surface area contributed by atoms with Gasteiger partial charge in [-0.1, -0.05) is 26.0 Å². The second-order valence-corrected chi connectivity index (χ2v) is 5.73.